The summed E-state index contributed by atoms with van der Waals surface area (Å²) in [6.07, 6.45) is 1.22. The normalized spacial score (nSPS) is 21.7. The molecule has 0 spiro atoms. The van der Waals surface area contributed by atoms with Crippen molar-refractivity contribution in [3.63, 3.8) is 0 Å². The Labute approximate surface area is 149 Å². The average molecular weight is 368 g/mol. The molecule has 0 bridgehead atoms. The van der Waals surface area contributed by atoms with Crippen molar-refractivity contribution < 1.29 is 18.8 Å². The van der Waals surface area contributed by atoms with Gasteiger partial charge in [-0.25, -0.2) is 4.39 Å². The molecule has 2 fully saturated rings. The van der Waals surface area contributed by atoms with Crippen molar-refractivity contribution >= 4 is 35.0 Å². The second-order valence-electron chi connectivity index (χ2n) is 6.51. The molecule has 1 aromatic carbocycles. The first-order valence-corrected chi connectivity index (χ1v) is 8.58. The van der Waals surface area contributed by atoms with Crippen LogP contribution in [0.3, 0.4) is 0 Å². The zero-order valence-corrected chi connectivity index (χ0v) is 14.3. The molecular weight excluding hydrogens is 349 g/mol. The largest absolute Gasteiger partial charge is 0.369 e. The van der Waals surface area contributed by atoms with E-state index in [4.69, 9.17) is 17.3 Å². The molecule has 1 atom stereocenters. The number of nitrogens with zero attached hydrogens (tertiary/aromatic N) is 2. The number of nitrogens with two attached hydrogens (primary N) is 1. The molecule has 2 aliphatic rings. The average Bonchev–Trinajstić information content (AvgIpc) is 2.98. The van der Waals surface area contributed by atoms with Gasteiger partial charge in [-0.2, -0.15) is 0 Å². The fourth-order valence-electron chi connectivity index (χ4n) is 3.42. The summed E-state index contributed by atoms with van der Waals surface area (Å²) >= 11 is 5.77. The first-order valence-electron chi connectivity index (χ1n) is 8.20. The Hall–Kier alpha value is -2.15. The Morgan fingerprint density at radius 1 is 1.20 bits per heavy atom. The molecular formula is C17H19ClFN3O3. The van der Waals surface area contributed by atoms with Crippen molar-refractivity contribution in [2.45, 2.75) is 19.3 Å². The molecule has 1 aromatic rings. The van der Waals surface area contributed by atoms with Crippen LogP contribution in [0.4, 0.5) is 10.1 Å². The number of rotatable bonds is 3. The number of carbonyl (C=O) groups is 3. The monoisotopic (exact) mass is 367 g/mol. The lowest BCUT2D eigenvalue weighted by Crippen LogP contribution is -2.44. The van der Waals surface area contributed by atoms with Crippen molar-refractivity contribution in [1.82, 2.24) is 4.90 Å². The molecule has 2 N–H and O–H groups in total. The minimum atomic E-state index is -0.554. The van der Waals surface area contributed by atoms with E-state index in [1.165, 1.54) is 23.1 Å². The summed E-state index contributed by atoms with van der Waals surface area (Å²) in [5.41, 5.74) is 5.79. The minimum absolute atomic E-state index is 0.0615. The van der Waals surface area contributed by atoms with Gasteiger partial charge in [-0.05, 0) is 31.0 Å². The van der Waals surface area contributed by atoms with Gasteiger partial charge in [-0.15, -0.1) is 0 Å². The number of anilines is 1. The highest BCUT2D eigenvalue weighted by atomic mass is 35.5. The topological polar surface area (TPSA) is 83.7 Å². The smallest absolute Gasteiger partial charge is 0.228 e. The summed E-state index contributed by atoms with van der Waals surface area (Å²) in [4.78, 5) is 39.3. The number of primary amides is 1. The quantitative estimate of drug-likeness (QED) is 0.879. The number of likely N-dealkylation sites (tertiary alicyclic amines) is 1. The van der Waals surface area contributed by atoms with Gasteiger partial charge in [-0.1, -0.05) is 11.6 Å². The van der Waals surface area contributed by atoms with Gasteiger partial charge in [0.25, 0.3) is 0 Å². The molecule has 8 heteroatoms. The Morgan fingerprint density at radius 2 is 1.88 bits per heavy atom. The van der Waals surface area contributed by atoms with Crippen molar-refractivity contribution in [2.24, 2.45) is 17.6 Å². The Balaban J connectivity index is 1.65. The molecule has 0 saturated carbocycles. The van der Waals surface area contributed by atoms with Crippen LogP contribution in [-0.2, 0) is 14.4 Å². The van der Waals surface area contributed by atoms with Gasteiger partial charge >= 0.3 is 0 Å². The van der Waals surface area contributed by atoms with Crippen LogP contribution in [0.1, 0.15) is 19.3 Å². The van der Waals surface area contributed by atoms with E-state index < -0.39 is 11.7 Å². The van der Waals surface area contributed by atoms with Crippen molar-refractivity contribution in [1.29, 1.82) is 0 Å². The lowest BCUT2D eigenvalue weighted by molar-refractivity contribution is -0.138. The molecule has 6 nitrogen and oxygen atoms in total. The highest BCUT2D eigenvalue weighted by Gasteiger charge is 2.38. The fourth-order valence-corrected chi connectivity index (χ4v) is 3.59. The van der Waals surface area contributed by atoms with Crippen LogP contribution < -0.4 is 10.6 Å². The van der Waals surface area contributed by atoms with Gasteiger partial charge < -0.3 is 15.5 Å². The maximum absolute atomic E-state index is 13.3. The van der Waals surface area contributed by atoms with E-state index in [9.17, 15) is 18.8 Å². The van der Waals surface area contributed by atoms with Gasteiger partial charge in [0.1, 0.15) is 5.82 Å². The van der Waals surface area contributed by atoms with E-state index in [2.05, 4.69) is 0 Å². The highest BCUT2D eigenvalue weighted by Crippen LogP contribution is 2.30. The number of carbonyl (C=O) groups excluding carboxylic acids is 3. The molecule has 2 heterocycles. The molecule has 134 valence electrons. The summed E-state index contributed by atoms with van der Waals surface area (Å²) in [6, 6.07) is 4.07. The molecule has 2 aliphatic heterocycles. The third-order valence-corrected chi connectivity index (χ3v) is 5.19. The Bertz CT molecular complexity index is 719. The number of hydrogen-bond donors (Lipinski definition) is 1. The number of amides is 3. The van der Waals surface area contributed by atoms with E-state index in [1.54, 1.807) is 4.90 Å². The summed E-state index contributed by atoms with van der Waals surface area (Å²) in [5.74, 6) is -1.79. The second-order valence-corrected chi connectivity index (χ2v) is 6.91. The van der Waals surface area contributed by atoms with E-state index in [-0.39, 0.29) is 41.6 Å². The molecule has 0 radical (unpaired) electrons. The van der Waals surface area contributed by atoms with Crippen LogP contribution in [-0.4, -0.2) is 42.3 Å². The molecule has 0 aliphatic carbocycles. The molecule has 25 heavy (non-hydrogen) atoms. The predicted octanol–water partition coefficient (Wildman–Crippen LogP) is 1.56. The van der Waals surface area contributed by atoms with Crippen molar-refractivity contribution in [2.75, 3.05) is 24.5 Å². The zero-order chi connectivity index (χ0) is 18.1. The summed E-state index contributed by atoms with van der Waals surface area (Å²) in [5, 5.41) is -0.0615. The Kier molecular flexibility index (Phi) is 4.94. The first-order chi connectivity index (χ1) is 11.9. The standard InChI is InChI=1S/C17H19ClFN3O3/c18-13-8-12(1-2-14(13)19)22-9-11(7-15(22)23)17(25)21-5-3-10(4-6-21)16(20)24/h1-2,8,10-11H,3-7,9H2,(H2,20,24)/t11-/m0/s1. The van der Waals surface area contributed by atoms with Crippen LogP contribution >= 0.6 is 11.6 Å². The molecule has 2 saturated heterocycles. The van der Waals surface area contributed by atoms with Crippen molar-refractivity contribution in [3.8, 4) is 0 Å². The van der Waals surface area contributed by atoms with Crippen LogP contribution in [0.5, 0.6) is 0 Å². The lowest BCUT2D eigenvalue weighted by atomic mass is 9.95. The third kappa shape index (κ3) is 3.61. The summed E-state index contributed by atoms with van der Waals surface area (Å²) < 4.78 is 13.3. The van der Waals surface area contributed by atoms with Crippen LogP contribution in [0.25, 0.3) is 0 Å². The fraction of sp³-hybridized carbons (Fsp3) is 0.471. The van der Waals surface area contributed by atoms with Gasteiger partial charge in [0.05, 0.1) is 10.9 Å². The lowest BCUT2D eigenvalue weighted by Gasteiger charge is -2.32. The van der Waals surface area contributed by atoms with Gasteiger partial charge in [-0.3, -0.25) is 14.4 Å². The number of piperidine rings is 1. The molecule has 0 aromatic heterocycles. The minimum Gasteiger partial charge on any atom is -0.369 e. The maximum Gasteiger partial charge on any atom is 0.228 e. The number of halogens is 2. The number of benzene rings is 1. The van der Waals surface area contributed by atoms with E-state index >= 15 is 0 Å². The Morgan fingerprint density at radius 3 is 2.48 bits per heavy atom. The molecule has 0 unspecified atom stereocenters. The summed E-state index contributed by atoms with van der Waals surface area (Å²) in [6.45, 7) is 1.19. The first kappa shape index (κ1) is 17.7. The maximum atomic E-state index is 13.3. The highest BCUT2D eigenvalue weighted by molar-refractivity contribution is 6.31. The third-order valence-electron chi connectivity index (χ3n) is 4.90. The molecule has 3 rings (SSSR count). The van der Waals surface area contributed by atoms with Crippen LogP contribution in [0, 0.1) is 17.7 Å². The van der Waals surface area contributed by atoms with Gasteiger partial charge in [0.15, 0.2) is 0 Å². The summed E-state index contributed by atoms with van der Waals surface area (Å²) in [7, 11) is 0. The van der Waals surface area contributed by atoms with Crippen LogP contribution in [0.2, 0.25) is 5.02 Å². The van der Waals surface area contributed by atoms with E-state index in [0.717, 1.165) is 0 Å². The molecule has 3 amide bonds. The van der Waals surface area contributed by atoms with Crippen LogP contribution in [0.15, 0.2) is 18.2 Å². The van der Waals surface area contributed by atoms with Gasteiger partial charge in [0, 0.05) is 37.7 Å². The SMILES string of the molecule is NC(=O)C1CCN(C(=O)[C@H]2CC(=O)N(c3ccc(F)c(Cl)c3)C2)CC1. The predicted molar refractivity (Wildman–Crippen MR) is 90.4 cm³/mol. The van der Waals surface area contributed by atoms with E-state index in [1.807, 2.05) is 0 Å². The van der Waals surface area contributed by atoms with Crippen molar-refractivity contribution in [3.05, 3.63) is 29.0 Å². The zero-order valence-electron chi connectivity index (χ0n) is 13.6. The van der Waals surface area contributed by atoms with E-state index in [0.29, 0.717) is 31.6 Å². The van der Waals surface area contributed by atoms with Gasteiger partial charge in [0.2, 0.25) is 17.7 Å². The second kappa shape index (κ2) is 7.00. The number of hydrogen-bond acceptors (Lipinski definition) is 3.